The lowest BCUT2D eigenvalue weighted by Crippen LogP contribution is -2.60. The number of benzene rings is 1. The topological polar surface area (TPSA) is 59.5 Å². The normalized spacial score (nSPS) is 36.6. The maximum Gasteiger partial charge on any atom is 0.116 e. The number of piperidine rings is 3. The van der Waals surface area contributed by atoms with Gasteiger partial charge in [0.2, 0.25) is 0 Å². The zero-order valence-corrected chi connectivity index (χ0v) is 13.3. The SMILES string of the molecule is C/C=C1/CN2[C@H]3C[C@H]1[C@@H](CO)[C@@H]2Cc1c3[nH]c2ccc(O)cc12. The van der Waals surface area contributed by atoms with E-state index in [2.05, 4.69) is 22.9 Å². The van der Waals surface area contributed by atoms with E-state index in [9.17, 15) is 10.2 Å². The molecule has 4 nitrogen and oxygen atoms in total. The van der Waals surface area contributed by atoms with E-state index in [1.165, 1.54) is 16.8 Å². The number of aromatic hydroxyl groups is 1. The molecule has 6 rings (SSSR count). The fourth-order valence-corrected chi connectivity index (χ4v) is 5.35. The van der Waals surface area contributed by atoms with Crippen LogP contribution in [0, 0.1) is 11.8 Å². The number of phenols is 1. The minimum absolute atomic E-state index is 0.263. The Labute approximate surface area is 135 Å². The highest BCUT2D eigenvalue weighted by Gasteiger charge is 2.52. The number of rotatable bonds is 1. The van der Waals surface area contributed by atoms with Gasteiger partial charge >= 0.3 is 0 Å². The Morgan fingerprint density at radius 1 is 1.39 bits per heavy atom. The summed E-state index contributed by atoms with van der Waals surface area (Å²) in [5.74, 6) is 1.17. The Kier molecular flexibility index (Phi) is 2.74. The number of nitrogens with one attached hydrogen (secondary N) is 1. The average Bonchev–Trinajstić information content (AvgIpc) is 2.92. The fourth-order valence-electron chi connectivity index (χ4n) is 5.35. The van der Waals surface area contributed by atoms with Crippen molar-refractivity contribution >= 4 is 10.9 Å². The van der Waals surface area contributed by atoms with Crippen LogP contribution in [0.25, 0.3) is 10.9 Å². The van der Waals surface area contributed by atoms with Gasteiger partial charge in [-0.05, 0) is 49.4 Å². The van der Waals surface area contributed by atoms with Crippen LogP contribution < -0.4 is 0 Å². The van der Waals surface area contributed by atoms with Crippen molar-refractivity contribution in [3.05, 3.63) is 41.1 Å². The molecule has 0 amide bonds. The van der Waals surface area contributed by atoms with Crippen molar-refractivity contribution in [2.24, 2.45) is 11.8 Å². The van der Waals surface area contributed by atoms with Gasteiger partial charge in [0.15, 0.2) is 0 Å². The number of allylic oxidation sites excluding steroid dienone is 1. The van der Waals surface area contributed by atoms with Crippen molar-refractivity contribution in [3.63, 3.8) is 0 Å². The van der Waals surface area contributed by atoms with E-state index in [-0.39, 0.29) is 6.61 Å². The summed E-state index contributed by atoms with van der Waals surface area (Å²) in [7, 11) is 0. The molecule has 3 N–H and O–H groups in total. The number of aliphatic hydroxyl groups is 1. The fraction of sp³-hybridized carbons (Fsp3) is 0.474. The largest absolute Gasteiger partial charge is 0.508 e. The molecule has 0 radical (unpaired) electrons. The second kappa shape index (κ2) is 4.62. The summed E-state index contributed by atoms with van der Waals surface area (Å²) in [4.78, 5) is 6.21. The predicted molar refractivity (Wildman–Crippen MR) is 89.3 cm³/mol. The Balaban J connectivity index is 1.68. The lowest BCUT2D eigenvalue weighted by atomic mass is 9.64. The third-order valence-electron chi connectivity index (χ3n) is 6.41. The first-order valence-corrected chi connectivity index (χ1v) is 8.56. The van der Waals surface area contributed by atoms with Crippen LogP contribution in [0.3, 0.4) is 0 Å². The van der Waals surface area contributed by atoms with E-state index in [0.29, 0.717) is 29.7 Å². The van der Waals surface area contributed by atoms with Crippen molar-refractivity contribution in [2.45, 2.75) is 31.8 Å². The van der Waals surface area contributed by atoms with Gasteiger partial charge in [0.25, 0.3) is 0 Å². The van der Waals surface area contributed by atoms with Gasteiger partial charge in [-0.15, -0.1) is 0 Å². The summed E-state index contributed by atoms with van der Waals surface area (Å²) in [5, 5.41) is 21.0. The van der Waals surface area contributed by atoms with Gasteiger partial charge in [-0.3, -0.25) is 4.90 Å². The van der Waals surface area contributed by atoms with Crippen LogP contribution in [0.15, 0.2) is 29.8 Å². The second-order valence-corrected chi connectivity index (χ2v) is 7.26. The van der Waals surface area contributed by atoms with Gasteiger partial charge in [-0.1, -0.05) is 11.6 Å². The second-order valence-electron chi connectivity index (χ2n) is 7.26. The van der Waals surface area contributed by atoms with E-state index in [1.807, 2.05) is 12.1 Å². The Morgan fingerprint density at radius 2 is 2.26 bits per heavy atom. The molecule has 1 aromatic heterocycles. The van der Waals surface area contributed by atoms with Crippen molar-refractivity contribution < 1.29 is 10.2 Å². The minimum atomic E-state index is 0.263. The predicted octanol–water partition coefficient (Wildman–Crippen LogP) is 2.73. The number of hydrogen-bond donors (Lipinski definition) is 3. The van der Waals surface area contributed by atoms with Gasteiger partial charge in [0.05, 0.1) is 6.04 Å². The zero-order chi connectivity index (χ0) is 15.7. The number of hydrogen-bond acceptors (Lipinski definition) is 3. The van der Waals surface area contributed by atoms with Crippen LogP contribution in [0.5, 0.6) is 5.75 Å². The van der Waals surface area contributed by atoms with E-state index in [4.69, 9.17) is 0 Å². The van der Waals surface area contributed by atoms with Crippen molar-refractivity contribution in [3.8, 4) is 5.75 Å². The van der Waals surface area contributed by atoms with E-state index >= 15 is 0 Å². The molecule has 5 atom stereocenters. The minimum Gasteiger partial charge on any atom is -0.508 e. The van der Waals surface area contributed by atoms with Gasteiger partial charge in [0.1, 0.15) is 5.75 Å². The van der Waals surface area contributed by atoms with Crippen molar-refractivity contribution in [1.82, 2.24) is 9.88 Å². The number of H-pyrrole nitrogens is 1. The first kappa shape index (κ1) is 13.6. The molecule has 1 aromatic carbocycles. The summed E-state index contributed by atoms with van der Waals surface area (Å²) in [6.07, 6.45) is 4.31. The highest BCUT2D eigenvalue weighted by Crippen LogP contribution is 2.54. The molecule has 4 heteroatoms. The van der Waals surface area contributed by atoms with E-state index in [0.717, 1.165) is 30.3 Å². The first-order valence-electron chi connectivity index (χ1n) is 8.56. The van der Waals surface area contributed by atoms with Crippen LogP contribution >= 0.6 is 0 Å². The average molecular weight is 310 g/mol. The Bertz CT molecular complexity index is 822. The van der Waals surface area contributed by atoms with Crippen LogP contribution in [0.1, 0.15) is 30.6 Å². The van der Waals surface area contributed by atoms with Gasteiger partial charge in [-0.25, -0.2) is 0 Å². The van der Waals surface area contributed by atoms with E-state index in [1.54, 1.807) is 6.07 Å². The monoisotopic (exact) mass is 310 g/mol. The highest BCUT2D eigenvalue weighted by molar-refractivity contribution is 5.86. The lowest BCUT2D eigenvalue weighted by Gasteiger charge is -2.58. The summed E-state index contributed by atoms with van der Waals surface area (Å²) >= 11 is 0. The molecule has 3 saturated heterocycles. The van der Waals surface area contributed by atoms with Gasteiger partial charge < -0.3 is 15.2 Å². The molecular formula is C19H22N2O2. The molecule has 0 saturated carbocycles. The lowest BCUT2D eigenvalue weighted by molar-refractivity contribution is -0.0503. The van der Waals surface area contributed by atoms with Crippen molar-refractivity contribution in [2.75, 3.05) is 13.2 Å². The molecule has 4 bridgehead atoms. The number of fused-ring (bicyclic) bond motifs is 4. The van der Waals surface area contributed by atoms with E-state index < -0.39 is 0 Å². The summed E-state index contributed by atoms with van der Waals surface area (Å²) in [6.45, 7) is 3.42. The number of aromatic amines is 1. The molecule has 0 aliphatic carbocycles. The Hall–Kier alpha value is -1.78. The molecule has 1 unspecified atom stereocenters. The smallest absolute Gasteiger partial charge is 0.116 e. The third kappa shape index (κ3) is 1.68. The summed E-state index contributed by atoms with van der Waals surface area (Å²) < 4.78 is 0. The van der Waals surface area contributed by atoms with Crippen LogP contribution in [-0.4, -0.2) is 39.3 Å². The van der Waals surface area contributed by atoms with Crippen LogP contribution in [0.4, 0.5) is 0 Å². The maximum atomic E-state index is 9.99. The maximum absolute atomic E-state index is 9.99. The molecule has 4 aliphatic rings. The molecule has 2 aromatic rings. The van der Waals surface area contributed by atoms with Gasteiger partial charge in [0, 0.05) is 41.7 Å². The molecule has 4 aliphatic heterocycles. The molecule has 3 fully saturated rings. The molecular weight excluding hydrogens is 288 g/mol. The highest BCUT2D eigenvalue weighted by atomic mass is 16.3. The quantitative estimate of drug-likeness (QED) is 0.710. The molecule has 5 heterocycles. The molecule has 23 heavy (non-hydrogen) atoms. The van der Waals surface area contributed by atoms with Crippen LogP contribution in [-0.2, 0) is 6.42 Å². The third-order valence-corrected chi connectivity index (χ3v) is 6.41. The number of aromatic nitrogens is 1. The molecule has 0 spiro atoms. The summed E-state index contributed by atoms with van der Waals surface area (Å²) in [6, 6.07) is 6.44. The first-order chi connectivity index (χ1) is 11.2. The van der Waals surface area contributed by atoms with Crippen LogP contribution in [0.2, 0.25) is 0 Å². The number of nitrogens with zero attached hydrogens (tertiary/aromatic N) is 1. The number of phenolic OH excluding ortho intramolecular Hbond substituents is 1. The zero-order valence-electron chi connectivity index (χ0n) is 13.3. The number of aliphatic hydroxyl groups excluding tert-OH is 1. The van der Waals surface area contributed by atoms with Crippen molar-refractivity contribution in [1.29, 1.82) is 0 Å². The molecule has 120 valence electrons. The van der Waals surface area contributed by atoms with Gasteiger partial charge in [-0.2, -0.15) is 0 Å². The summed E-state index contributed by atoms with van der Waals surface area (Å²) in [5.41, 5.74) is 5.29. The standard InChI is InChI=1S/C19H22N2O2/c1-2-10-8-21-17-7-14-13-5-11(23)3-4-16(13)20-19(14)18(21)6-12(10)15(17)9-22/h2-5,12,15,17-18,20,22-23H,6-9H2,1H3/b10-2-/t12-,15-,17+,18+/m1/s1. The Morgan fingerprint density at radius 3 is 3.04 bits per heavy atom.